The second-order valence-electron chi connectivity index (χ2n) is 5.59. The van der Waals surface area contributed by atoms with Gasteiger partial charge in [-0.25, -0.2) is 0 Å². The van der Waals surface area contributed by atoms with Crippen molar-refractivity contribution < 1.29 is 0 Å². The van der Waals surface area contributed by atoms with Crippen molar-refractivity contribution in [1.82, 2.24) is 5.32 Å². The predicted octanol–water partition coefficient (Wildman–Crippen LogP) is 4.08. The Labute approximate surface area is 122 Å². The van der Waals surface area contributed by atoms with Gasteiger partial charge < -0.3 is 10.2 Å². The zero-order valence-electron chi connectivity index (χ0n) is 12.1. The lowest BCUT2D eigenvalue weighted by Gasteiger charge is -2.23. The van der Waals surface area contributed by atoms with Crippen LogP contribution in [0.5, 0.6) is 0 Å². The lowest BCUT2D eigenvalue weighted by Crippen LogP contribution is -2.24. The Kier molecular flexibility index (Phi) is 5.53. The van der Waals surface area contributed by atoms with Gasteiger partial charge in [0.25, 0.3) is 0 Å². The fourth-order valence-corrected chi connectivity index (χ4v) is 3.10. The van der Waals surface area contributed by atoms with Crippen molar-refractivity contribution in [2.24, 2.45) is 5.92 Å². The van der Waals surface area contributed by atoms with Crippen LogP contribution in [-0.4, -0.2) is 20.1 Å². The highest BCUT2D eigenvalue weighted by Gasteiger charge is 2.17. The molecule has 0 saturated heterocycles. The van der Waals surface area contributed by atoms with E-state index in [2.05, 4.69) is 42.4 Å². The van der Waals surface area contributed by atoms with Crippen LogP contribution in [0.25, 0.3) is 0 Å². The van der Waals surface area contributed by atoms with Gasteiger partial charge in [0.2, 0.25) is 0 Å². The summed E-state index contributed by atoms with van der Waals surface area (Å²) in [5.41, 5.74) is 2.42. The van der Waals surface area contributed by atoms with Crippen LogP contribution in [0.3, 0.4) is 0 Å². The minimum atomic E-state index is 0.849. The van der Waals surface area contributed by atoms with E-state index in [1.165, 1.54) is 36.9 Å². The molecule has 1 aromatic carbocycles. The maximum atomic E-state index is 6.36. The summed E-state index contributed by atoms with van der Waals surface area (Å²) >= 11 is 6.36. The average Bonchev–Trinajstić information content (AvgIpc) is 2.90. The second kappa shape index (κ2) is 7.16. The summed E-state index contributed by atoms with van der Waals surface area (Å²) in [6.45, 7) is 5.09. The molecule has 0 aromatic heterocycles. The molecule has 0 radical (unpaired) electrons. The molecular weight excluding hydrogens is 256 g/mol. The minimum absolute atomic E-state index is 0.849. The SMILES string of the molecule is CCNCc1ccc(N(C)CC2CCCC2)cc1Cl. The molecule has 1 fully saturated rings. The highest BCUT2D eigenvalue weighted by molar-refractivity contribution is 6.31. The third-order valence-electron chi connectivity index (χ3n) is 4.05. The molecule has 19 heavy (non-hydrogen) atoms. The lowest BCUT2D eigenvalue weighted by atomic mass is 10.1. The maximum absolute atomic E-state index is 6.36. The molecule has 3 heteroatoms. The van der Waals surface area contributed by atoms with Crippen molar-refractivity contribution >= 4 is 17.3 Å². The minimum Gasteiger partial charge on any atom is -0.374 e. The third kappa shape index (κ3) is 4.12. The Bertz CT molecular complexity index is 400. The first-order valence-corrected chi connectivity index (χ1v) is 7.78. The monoisotopic (exact) mass is 280 g/mol. The van der Waals surface area contributed by atoms with Gasteiger partial charge in [-0.1, -0.05) is 37.4 Å². The van der Waals surface area contributed by atoms with Gasteiger partial charge in [0, 0.05) is 30.8 Å². The normalized spacial score (nSPS) is 15.9. The predicted molar refractivity (Wildman–Crippen MR) is 84.1 cm³/mol. The van der Waals surface area contributed by atoms with Crippen LogP contribution in [0.1, 0.15) is 38.2 Å². The van der Waals surface area contributed by atoms with Crippen molar-refractivity contribution in [2.45, 2.75) is 39.2 Å². The Hall–Kier alpha value is -0.730. The smallest absolute Gasteiger partial charge is 0.0471 e. The van der Waals surface area contributed by atoms with Crippen molar-refractivity contribution in [2.75, 3.05) is 25.0 Å². The third-order valence-corrected chi connectivity index (χ3v) is 4.40. The molecule has 1 saturated carbocycles. The molecule has 0 atom stereocenters. The quantitative estimate of drug-likeness (QED) is 0.845. The average molecular weight is 281 g/mol. The van der Waals surface area contributed by atoms with Crippen LogP contribution >= 0.6 is 11.6 Å². The summed E-state index contributed by atoms with van der Waals surface area (Å²) in [4.78, 5) is 2.35. The second-order valence-corrected chi connectivity index (χ2v) is 5.99. The highest BCUT2D eigenvalue weighted by Crippen LogP contribution is 2.28. The summed E-state index contributed by atoms with van der Waals surface area (Å²) in [7, 11) is 2.17. The molecule has 106 valence electrons. The van der Waals surface area contributed by atoms with Crippen LogP contribution in [-0.2, 0) is 6.54 Å². The molecule has 1 N–H and O–H groups in total. The van der Waals surface area contributed by atoms with Gasteiger partial charge in [0.05, 0.1) is 0 Å². The molecule has 0 heterocycles. The van der Waals surface area contributed by atoms with E-state index in [1.807, 2.05) is 0 Å². The molecule has 1 aromatic rings. The van der Waals surface area contributed by atoms with Crippen molar-refractivity contribution in [3.63, 3.8) is 0 Å². The zero-order valence-corrected chi connectivity index (χ0v) is 12.8. The number of nitrogens with zero attached hydrogens (tertiary/aromatic N) is 1. The lowest BCUT2D eigenvalue weighted by molar-refractivity contribution is 0.547. The van der Waals surface area contributed by atoms with E-state index >= 15 is 0 Å². The van der Waals surface area contributed by atoms with Crippen LogP contribution in [0.2, 0.25) is 5.02 Å². The molecular formula is C16H25ClN2. The number of nitrogens with one attached hydrogen (secondary N) is 1. The molecule has 0 spiro atoms. The fraction of sp³-hybridized carbons (Fsp3) is 0.625. The van der Waals surface area contributed by atoms with Gasteiger partial charge in [-0.05, 0) is 43.0 Å². The Morgan fingerprint density at radius 2 is 2.05 bits per heavy atom. The van der Waals surface area contributed by atoms with Crippen molar-refractivity contribution in [3.05, 3.63) is 28.8 Å². The van der Waals surface area contributed by atoms with Crippen LogP contribution in [0.15, 0.2) is 18.2 Å². The van der Waals surface area contributed by atoms with Crippen molar-refractivity contribution in [3.8, 4) is 0 Å². The van der Waals surface area contributed by atoms with E-state index in [4.69, 9.17) is 11.6 Å². The Morgan fingerprint density at radius 3 is 2.68 bits per heavy atom. The summed E-state index contributed by atoms with van der Waals surface area (Å²) < 4.78 is 0. The first kappa shape index (κ1) is 14.7. The first-order chi connectivity index (χ1) is 9.20. The standard InChI is InChI=1S/C16H25ClN2/c1-3-18-11-14-8-9-15(10-16(14)17)19(2)12-13-6-4-5-7-13/h8-10,13,18H,3-7,11-12H2,1-2H3. The van der Waals surface area contributed by atoms with Gasteiger partial charge in [-0.2, -0.15) is 0 Å². The van der Waals surface area contributed by atoms with Crippen LogP contribution in [0.4, 0.5) is 5.69 Å². The summed E-state index contributed by atoms with van der Waals surface area (Å²) in [5, 5.41) is 4.19. The topological polar surface area (TPSA) is 15.3 Å². The Morgan fingerprint density at radius 1 is 1.32 bits per heavy atom. The summed E-state index contributed by atoms with van der Waals surface area (Å²) in [5.74, 6) is 0.866. The van der Waals surface area contributed by atoms with E-state index in [0.717, 1.165) is 30.6 Å². The zero-order chi connectivity index (χ0) is 13.7. The van der Waals surface area contributed by atoms with Gasteiger partial charge >= 0.3 is 0 Å². The van der Waals surface area contributed by atoms with Crippen LogP contribution < -0.4 is 10.2 Å². The number of hydrogen-bond donors (Lipinski definition) is 1. The molecule has 0 bridgehead atoms. The van der Waals surface area contributed by atoms with E-state index in [-0.39, 0.29) is 0 Å². The van der Waals surface area contributed by atoms with E-state index in [9.17, 15) is 0 Å². The van der Waals surface area contributed by atoms with Crippen LogP contribution in [0, 0.1) is 5.92 Å². The fourth-order valence-electron chi connectivity index (χ4n) is 2.86. The molecule has 0 amide bonds. The van der Waals surface area contributed by atoms with E-state index in [0.29, 0.717) is 0 Å². The molecule has 1 aliphatic carbocycles. The highest BCUT2D eigenvalue weighted by atomic mass is 35.5. The molecule has 0 aliphatic heterocycles. The number of benzene rings is 1. The number of anilines is 1. The van der Waals surface area contributed by atoms with Gasteiger partial charge in [-0.3, -0.25) is 0 Å². The largest absolute Gasteiger partial charge is 0.374 e. The van der Waals surface area contributed by atoms with Crippen molar-refractivity contribution in [1.29, 1.82) is 0 Å². The van der Waals surface area contributed by atoms with E-state index < -0.39 is 0 Å². The summed E-state index contributed by atoms with van der Waals surface area (Å²) in [6, 6.07) is 6.43. The summed E-state index contributed by atoms with van der Waals surface area (Å²) in [6.07, 6.45) is 5.58. The molecule has 1 aliphatic rings. The number of halogens is 1. The molecule has 0 unspecified atom stereocenters. The Balaban J connectivity index is 1.97. The number of rotatable bonds is 6. The number of hydrogen-bond acceptors (Lipinski definition) is 2. The molecule has 2 nitrogen and oxygen atoms in total. The maximum Gasteiger partial charge on any atom is 0.0471 e. The first-order valence-electron chi connectivity index (χ1n) is 7.41. The van der Waals surface area contributed by atoms with E-state index in [1.54, 1.807) is 0 Å². The van der Waals surface area contributed by atoms with Gasteiger partial charge in [-0.15, -0.1) is 0 Å². The molecule has 2 rings (SSSR count). The van der Waals surface area contributed by atoms with Gasteiger partial charge in [0.1, 0.15) is 0 Å². The van der Waals surface area contributed by atoms with Gasteiger partial charge in [0.15, 0.2) is 0 Å².